The first-order valence-corrected chi connectivity index (χ1v) is 7.17. The maximum absolute atomic E-state index is 11.3. The summed E-state index contributed by atoms with van der Waals surface area (Å²) in [6.45, 7) is 7.08. The number of carbonyl (C=O) groups excluding carboxylic acids is 1. The van der Waals surface area contributed by atoms with Crippen LogP contribution in [-0.4, -0.2) is 25.7 Å². The van der Waals surface area contributed by atoms with Crippen molar-refractivity contribution in [3.63, 3.8) is 0 Å². The molecule has 0 aromatic rings. The Hall–Kier alpha value is -0.570. The number of unbranched alkanes of at least 4 members (excludes halogenated alkanes) is 4. The molecule has 0 fully saturated rings. The van der Waals surface area contributed by atoms with E-state index in [0.717, 1.165) is 45.2 Å². The summed E-state index contributed by atoms with van der Waals surface area (Å²) >= 11 is 0. The zero-order valence-corrected chi connectivity index (χ0v) is 11.6. The second-order valence-electron chi connectivity index (χ2n) is 4.49. The summed E-state index contributed by atoms with van der Waals surface area (Å²) in [6.07, 6.45) is 8.37. The van der Waals surface area contributed by atoms with E-state index in [0.29, 0.717) is 13.0 Å². The number of carbonyl (C=O) groups is 1. The Balaban J connectivity index is 3.08. The van der Waals surface area contributed by atoms with Gasteiger partial charge in [0.25, 0.3) is 0 Å². The summed E-state index contributed by atoms with van der Waals surface area (Å²) < 4.78 is 5.09. The monoisotopic (exact) mass is 243 g/mol. The molecule has 3 nitrogen and oxygen atoms in total. The molecular weight excluding hydrogens is 214 g/mol. The van der Waals surface area contributed by atoms with E-state index >= 15 is 0 Å². The number of ether oxygens (including phenoxy) is 1. The van der Waals surface area contributed by atoms with Crippen LogP contribution in [-0.2, 0) is 9.53 Å². The second-order valence-corrected chi connectivity index (χ2v) is 4.49. The first-order chi connectivity index (χ1) is 8.31. The van der Waals surface area contributed by atoms with Crippen LogP contribution in [0.2, 0.25) is 0 Å². The number of hydrogen-bond donors (Lipinski definition) is 1. The van der Waals surface area contributed by atoms with Gasteiger partial charge in [0.15, 0.2) is 0 Å². The van der Waals surface area contributed by atoms with E-state index in [1.54, 1.807) is 0 Å². The first-order valence-electron chi connectivity index (χ1n) is 7.17. The molecule has 0 aliphatic rings. The molecule has 0 saturated carbocycles. The lowest BCUT2D eigenvalue weighted by Gasteiger charge is -2.05. The standard InChI is InChI=1S/C14H29NO2/c1-3-5-11-15-12-9-7-8-10-14(16)17-13-6-4-2/h15H,3-13H2,1-2H3. The van der Waals surface area contributed by atoms with Crippen LogP contribution in [0.1, 0.15) is 65.2 Å². The third-order valence-corrected chi connectivity index (χ3v) is 2.70. The highest BCUT2D eigenvalue weighted by atomic mass is 16.5. The van der Waals surface area contributed by atoms with Crippen LogP contribution in [0, 0.1) is 0 Å². The van der Waals surface area contributed by atoms with Crippen molar-refractivity contribution in [2.24, 2.45) is 0 Å². The van der Waals surface area contributed by atoms with E-state index in [-0.39, 0.29) is 5.97 Å². The topological polar surface area (TPSA) is 38.3 Å². The van der Waals surface area contributed by atoms with Gasteiger partial charge in [0.05, 0.1) is 6.61 Å². The van der Waals surface area contributed by atoms with Crippen LogP contribution >= 0.6 is 0 Å². The van der Waals surface area contributed by atoms with Gasteiger partial charge in [-0.2, -0.15) is 0 Å². The number of hydrogen-bond acceptors (Lipinski definition) is 3. The molecule has 0 aliphatic carbocycles. The van der Waals surface area contributed by atoms with Gasteiger partial charge in [-0.1, -0.05) is 33.1 Å². The first kappa shape index (κ1) is 16.4. The third kappa shape index (κ3) is 13.4. The molecule has 0 aromatic carbocycles. The van der Waals surface area contributed by atoms with Crippen LogP contribution in [0.5, 0.6) is 0 Å². The molecule has 0 heterocycles. The van der Waals surface area contributed by atoms with Crippen molar-refractivity contribution in [1.29, 1.82) is 0 Å². The molecule has 0 amide bonds. The van der Waals surface area contributed by atoms with Crippen molar-refractivity contribution in [3.8, 4) is 0 Å². The zero-order valence-electron chi connectivity index (χ0n) is 11.6. The molecule has 0 bridgehead atoms. The lowest BCUT2D eigenvalue weighted by molar-refractivity contribution is -0.143. The van der Waals surface area contributed by atoms with Gasteiger partial charge in [-0.15, -0.1) is 0 Å². The van der Waals surface area contributed by atoms with Gasteiger partial charge >= 0.3 is 5.97 Å². The highest BCUT2D eigenvalue weighted by Gasteiger charge is 2.01. The van der Waals surface area contributed by atoms with Gasteiger partial charge in [0, 0.05) is 6.42 Å². The minimum Gasteiger partial charge on any atom is -0.466 e. The van der Waals surface area contributed by atoms with E-state index in [2.05, 4.69) is 19.2 Å². The highest BCUT2D eigenvalue weighted by Crippen LogP contribution is 2.01. The van der Waals surface area contributed by atoms with Crippen LogP contribution in [0.3, 0.4) is 0 Å². The summed E-state index contributed by atoms with van der Waals surface area (Å²) in [7, 11) is 0. The SMILES string of the molecule is CCCCNCCCCCC(=O)OCCCC. The predicted octanol–water partition coefficient (Wildman–Crippen LogP) is 3.28. The third-order valence-electron chi connectivity index (χ3n) is 2.70. The zero-order chi connectivity index (χ0) is 12.8. The van der Waals surface area contributed by atoms with Gasteiger partial charge in [-0.25, -0.2) is 0 Å². The lowest BCUT2D eigenvalue weighted by Crippen LogP contribution is -2.16. The molecule has 0 radical (unpaired) electrons. The minimum absolute atomic E-state index is 0.0302. The molecule has 0 aliphatic heterocycles. The van der Waals surface area contributed by atoms with Gasteiger partial charge in [-0.05, 0) is 38.8 Å². The van der Waals surface area contributed by atoms with Crippen molar-refractivity contribution in [1.82, 2.24) is 5.32 Å². The maximum Gasteiger partial charge on any atom is 0.305 e. The van der Waals surface area contributed by atoms with Crippen LogP contribution in [0.25, 0.3) is 0 Å². The van der Waals surface area contributed by atoms with Gasteiger partial charge in [0.2, 0.25) is 0 Å². The Morgan fingerprint density at radius 3 is 2.35 bits per heavy atom. The Morgan fingerprint density at radius 2 is 1.65 bits per heavy atom. The van der Waals surface area contributed by atoms with E-state index < -0.39 is 0 Å². The van der Waals surface area contributed by atoms with Gasteiger partial charge < -0.3 is 10.1 Å². The fourth-order valence-corrected chi connectivity index (χ4v) is 1.53. The number of nitrogens with one attached hydrogen (secondary N) is 1. The predicted molar refractivity (Wildman–Crippen MR) is 72.1 cm³/mol. The quantitative estimate of drug-likeness (QED) is 0.422. The van der Waals surface area contributed by atoms with E-state index in [4.69, 9.17) is 4.74 Å². The van der Waals surface area contributed by atoms with Crippen LogP contribution in [0.4, 0.5) is 0 Å². The Labute approximate surface area is 106 Å². The summed E-state index contributed by atoms with van der Waals surface area (Å²) in [4.78, 5) is 11.3. The highest BCUT2D eigenvalue weighted by molar-refractivity contribution is 5.69. The van der Waals surface area contributed by atoms with Crippen molar-refractivity contribution in [2.75, 3.05) is 19.7 Å². The second kappa shape index (κ2) is 13.5. The lowest BCUT2D eigenvalue weighted by atomic mass is 10.2. The Kier molecular flexibility index (Phi) is 13.0. The van der Waals surface area contributed by atoms with E-state index in [1.165, 1.54) is 12.8 Å². The fourth-order valence-electron chi connectivity index (χ4n) is 1.53. The summed E-state index contributed by atoms with van der Waals surface area (Å²) in [6, 6.07) is 0. The molecule has 0 rings (SSSR count). The molecule has 0 spiro atoms. The van der Waals surface area contributed by atoms with E-state index in [9.17, 15) is 4.79 Å². The molecule has 0 aromatic heterocycles. The average Bonchev–Trinajstić information content (AvgIpc) is 2.33. The molecule has 0 atom stereocenters. The molecule has 0 saturated heterocycles. The maximum atomic E-state index is 11.3. The van der Waals surface area contributed by atoms with Gasteiger partial charge in [0.1, 0.15) is 0 Å². The molecule has 3 heteroatoms. The summed E-state index contributed by atoms with van der Waals surface area (Å²) in [5.74, 6) is -0.0302. The van der Waals surface area contributed by atoms with Gasteiger partial charge in [-0.3, -0.25) is 4.79 Å². The molecule has 1 N–H and O–H groups in total. The molecular formula is C14H29NO2. The minimum atomic E-state index is -0.0302. The molecule has 0 unspecified atom stereocenters. The van der Waals surface area contributed by atoms with Crippen molar-refractivity contribution < 1.29 is 9.53 Å². The largest absolute Gasteiger partial charge is 0.466 e. The van der Waals surface area contributed by atoms with Crippen molar-refractivity contribution >= 4 is 5.97 Å². The summed E-state index contributed by atoms with van der Waals surface area (Å²) in [5, 5.41) is 3.40. The van der Waals surface area contributed by atoms with Crippen LogP contribution < -0.4 is 5.32 Å². The Bertz CT molecular complexity index is 172. The van der Waals surface area contributed by atoms with E-state index in [1.807, 2.05) is 0 Å². The molecule has 17 heavy (non-hydrogen) atoms. The summed E-state index contributed by atoms with van der Waals surface area (Å²) in [5.41, 5.74) is 0. The van der Waals surface area contributed by atoms with Crippen molar-refractivity contribution in [2.45, 2.75) is 65.2 Å². The fraction of sp³-hybridized carbons (Fsp3) is 0.929. The average molecular weight is 243 g/mol. The van der Waals surface area contributed by atoms with Crippen molar-refractivity contribution in [3.05, 3.63) is 0 Å². The van der Waals surface area contributed by atoms with Crippen LogP contribution in [0.15, 0.2) is 0 Å². The number of rotatable bonds is 12. The Morgan fingerprint density at radius 1 is 0.941 bits per heavy atom. The normalized spacial score (nSPS) is 10.5. The number of esters is 1. The smallest absolute Gasteiger partial charge is 0.305 e. The molecule has 102 valence electrons.